The maximum absolute atomic E-state index is 6.11. The smallest absolute Gasteiger partial charge is 0.138 e. The molecule has 0 amide bonds. The molecule has 0 bridgehead atoms. The summed E-state index contributed by atoms with van der Waals surface area (Å²) in [5.74, 6) is 0. The Hall–Kier alpha value is -2.07. The summed E-state index contributed by atoms with van der Waals surface area (Å²) in [7, 11) is 0. The number of rotatable bonds is 4. The molecule has 2 heterocycles. The van der Waals surface area contributed by atoms with Gasteiger partial charge in [-0.2, -0.15) is 0 Å². The number of ether oxygens (including phenoxy) is 1. The molecule has 3 nitrogen and oxygen atoms in total. The summed E-state index contributed by atoms with van der Waals surface area (Å²) in [6, 6.07) is 18.7. The average Bonchev–Trinajstić information content (AvgIpc) is 3.26. The number of halogens is 1. The van der Waals surface area contributed by atoms with Crippen LogP contribution < -0.4 is 0 Å². The van der Waals surface area contributed by atoms with E-state index in [1.54, 1.807) is 0 Å². The van der Waals surface area contributed by atoms with Crippen molar-refractivity contribution in [1.82, 2.24) is 9.47 Å². The molecule has 0 spiro atoms. The molecule has 1 saturated heterocycles. The second kappa shape index (κ2) is 7.04. The average molecular weight is 353 g/mol. The van der Waals surface area contributed by atoms with Crippen LogP contribution >= 0.6 is 11.6 Å². The van der Waals surface area contributed by atoms with Crippen LogP contribution in [0, 0.1) is 6.92 Å². The van der Waals surface area contributed by atoms with Gasteiger partial charge in [0.25, 0.3) is 0 Å². The maximum atomic E-state index is 6.11. The second-order valence-electron chi connectivity index (χ2n) is 6.51. The van der Waals surface area contributed by atoms with Gasteiger partial charge < -0.3 is 9.30 Å². The van der Waals surface area contributed by atoms with Crippen LogP contribution in [0.4, 0.5) is 0 Å². The highest BCUT2D eigenvalue weighted by molar-refractivity contribution is 6.30. The molecule has 4 heteroatoms. The summed E-state index contributed by atoms with van der Waals surface area (Å²) in [6.45, 7) is 4.72. The van der Waals surface area contributed by atoms with Gasteiger partial charge in [0, 0.05) is 41.8 Å². The van der Waals surface area contributed by atoms with Gasteiger partial charge in [-0.3, -0.25) is 4.90 Å². The minimum Gasteiger partial charge on any atom is -0.357 e. The van der Waals surface area contributed by atoms with Gasteiger partial charge in [-0.15, -0.1) is 0 Å². The Kier molecular flexibility index (Phi) is 4.62. The van der Waals surface area contributed by atoms with Crippen molar-refractivity contribution in [3.8, 4) is 5.69 Å². The quantitative estimate of drug-likeness (QED) is 0.659. The number of aromatic nitrogens is 1. The van der Waals surface area contributed by atoms with Crippen molar-refractivity contribution in [2.75, 3.05) is 13.2 Å². The van der Waals surface area contributed by atoms with E-state index in [0.29, 0.717) is 0 Å². The molecule has 1 aliphatic heterocycles. The predicted octanol–water partition coefficient (Wildman–Crippen LogP) is 4.97. The molecule has 4 rings (SSSR count). The number of aryl methyl sites for hydroxylation is 1. The normalized spacial score (nSPS) is 17.9. The summed E-state index contributed by atoms with van der Waals surface area (Å²) < 4.78 is 8.10. The van der Waals surface area contributed by atoms with Crippen molar-refractivity contribution in [3.63, 3.8) is 0 Å². The van der Waals surface area contributed by atoms with Crippen molar-refractivity contribution in [3.05, 3.63) is 88.7 Å². The topological polar surface area (TPSA) is 17.4 Å². The van der Waals surface area contributed by atoms with Gasteiger partial charge in [0.15, 0.2) is 0 Å². The first-order valence-corrected chi connectivity index (χ1v) is 8.92. The fourth-order valence-electron chi connectivity index (χ4n) is 3.26. The SMILES string of the molecule is Cc1ccc(CN2CCO[C@@H]2c2ccn(-c3cccc(Cl)c3)c2)cc1. The third-order valence-electron chi connectivity index (χ3n) is 4.60. The number of benzene rings is 2. The first-order valence-electron chi connectivity index (χ1n) is 8.54. The molecule has 1 atom stereocenters. The lowest BCUT2D eigenvalue weighted by molar-refractivity contribution is 0.0288. The third-order valence-corrected chi connectivity index (χ3v) is 4.83. The first kappa shape index (κ1) is 16.4. The monoisotopic (exact) mass is 352 g/mol. The van der Waals surface area contributed by atoms with E-state index in [0.717, 1.165) is 30.4 Å². The van der Waals surface area contributed by atoms with Crippen LogP contribution in [0.5, 0.6) is 0 Å². The molecular formula is C21H21ClN2O. The van der Waals surface area contributed by atoms with Gasteiger partial charge in [0.05, 0.1) is 6.61 Å². The molecule has 0 aliphatic carbocycles. The van der Waals surface area contributed by atoms with Crippen LogP contribution in [0.25, 0.3) is 5.69 Å². The summed E-state index contributed by atoms with van der Waals surface area (Å²) in [5.41, 5.74) is 4.83. The highest BCUT2D eigenvalue weighted by atomic mass is 35.5. The first-order chi connectivity index (χ1) is 12.2. The van der Waals surface area contributed by atoms with Gasteiger partial charge >= 0.3 is 0 Å². The lowest BCUT2D eigenvalue weighted by Gasteiger charge is -2.22. The molecule has 0 unspecified atom stereocenters. The number of hydrogen-bond donors (Lipinski definition) is 0. The summed E-state index contributed by atoms with van der Waals surface area (Å²) in [6.07, 6.45) is 4.19. The Bertz CT molecular complexity index is 856. The summed E-state index contributed by atoms with van der Waals surface area (Å²) in [5, 5.41) is 0.742. The van der Waals surface area contributed by atoms with E-state index in [9.17, 15) is 0 Å². The molecule has 2 aromatic carbocycles. The van der Waals surface area contributed by atoms with Crippen molar-refractivity contribution < 1.29 is 4.74 Å². The highest BCUT2D eigenvalue weighted by Crippen LogP contribution is 2.29. The van der Waals surface area contributed by atoms with Gasteiger partial charge in [-0.1, -0.05) is 47.5 Å². The largest absolute Gasteiger partial charge is 0.357 e. The maximum Gasteiger partial charge on any atom is 0.138 e. The van der Waals surface area contributed by atoms with E-state index >= 15 is 0 Å². The van der Waals surface area contributed by atoms with E-state index < -0.39 is 0 Å². The van der Waals surface area contributed by atoms with Crippen molar-refractivity contribution >= 4 is 11.6 Å². The zero-order valence-electron chi connectivity index (χ0n) is 14.2. The van der Waals surface area contributed by atoms with Gasteiger partial charge in [0.2, 0.25) is 0 Å². The van der Waals surface area contributed by atoms with E-state index in [-0.39, 0.29) is 6.23 Å². The molecular weight excluding hydrogens is 332 g/mol. The van der Waals surface area contributed by atoms with E-state index in [2.05, 4.69) is 65.2 Å². The Labute approximate surface area is 153 Å². The molecule has 25 heavy (non-hydrogen) atoms. The molecule has 128 valence electrons. The molecule has 3 aromatic rings. The van der Waals surface area contributed by atoms with Crippen molar-refractivity contribution in [2.45, 2.75) is 19.7 Å². The zero-order valence-corrected chi connectivity index (χ0v) is 15.0. The molecule has 0 saturated carbocycles. The second-order valence-corrected chi connectivity index (χ2v) is 6.95. The Balaban J connectivity index is 1.53. The zero-order chi connectivity index (χ0) is 17.2. The molecule has 0 radical (unpaired) electrons. The third kappa shape index (κ3) is 3.64. The van der Waals surface area contributed by atoms with Crippen LogP contribution in [0.1, 0.15) is 22.9 Å². The van der Waals surface area contributed by atoms with Gasteiger partial charge in [-0.05, 0) is 36.8 Å². The van der Waals surface area contributed by atoms with Gasteiger partial charge in [0.1, 0.15) is 6.23 Å². The van der Waals surface area contributed by atoms with Crippen molar-refractivity contribution in [1.29, 1.82) is 0 Å². The van der Waals surface area contributed by atoms with Crippen LogP contribution in [0.3, 0.4) is 0 Å². The summed E-state index contributed by atoms with van der Waals surface area (Å²) in [4.78, 5) is 2.38. The standard InChI is InChI=1S/C21H21ClN2O/c1-16-5-7-17(8-6-16)14-24-11-12-25-21(24)18-9-10-23(15-18)20-4-2-3-19(22)13-20/h2-10,13,15,21H,11-12,14H2,1H3/t21-/m1/s1. The Morgan fingerprint density at radius 2 is 1.96 bits per heavy atom. The van der Waals surface area contributed by atoms with Crippen LogP contribution in [0.2, 0.25) is 5.02 Å². The minimum absolute atomic E-state index is 0.00161. The van der Waals surface area contributed by atoms with E-state index in [1.807, 2.05) is 18.2 Å². The fourth-order valence-corrected chi connectivity index (χ4v) is 3.44. The highest BCUT2D eigenvalue weighted by Gasteiger charge is 2.27. The number of hydrogen-bond acceptors (Lipinski definition) is 2. The van der Waals surface area contributed by atoms with Crippen LogP contribution in [-0.2, 0) is 11.3 Å². The van der Waals surface area contributed by atoms with E-state index in [4.69, 9.17) is 16.3 Å². The molecule has 1 aliphatic rings. The molecule has 1 fully saturated rings. The fraction of sp³-hybridized carbons (Fsp3) is 0.238. The predicted molar refractivity (Wildman–Crippen MR) is 101 cm³/mol. The Morgan fingerprint density at radius 1 is 1.12 bits per heavy atom. The van der Waals surface area contributed by atoms with Crippen molar-refractivity contribution in [2.24, 2.45) is 0 Å². The van der Waals surface area contributed by atoms with Crippen LogP contribution in [-0.4, -0.2) is 22.6 Å². The Morgan fingerprint density at radius 3 is 2.76 bits per heavy atom. The van der Waals surface area contributed by atoms with Crippen LogP contribution in [0.15, 0.2) is 67.0 Å². The van der Waals surface area contributed by atoms with E-state index in [1.165, 1.54) is 16.7 Å². The molecule has 0 N–H and O–H groups in total. The van der Waals surface area contributed by atoms with Gasteiger partial charge in [-0.25, -0.2) is 0 Å². The lowest BCUT2D eigenvalue weighted by atomic mass is 10.1. The molecule has 1 aromatic heterocycles. The summed E-state index contributed by atoms with van der Waals surface area (Å²) >= 11 is 6.11. The lowest BCUT2D eigenvalue weighted by Crippen LogP contribution is -2.23. The number of nitrogens with zero attached hydrogens (tertiary/aromatic N) is 2. The minimum atomic E-state index is 0.00161.